The molecule has 5 nitrogen and oxygen atoms in total. The average molecular weight is 434 g/mol. The van der Waals surface area contributed by atoms with Crippen molar-refractivity contribution in [3.8, 4) is 56.6 Å². The second-order valence-electron chi connectivity index (χ2n) is 7.96. The molecule has 5 heteroatoms. The summed E-state index contributed by atoms with van der Waals surface area (Å²) in [4.78, 5) is 0. The first-order valence-corrected chi connectivity index (χ1v) is 10.6. The van der Waals surface area contributed by atoms with Gasteiger partial charge in [0, 0.05) is 16.7 Å². The van der Waals surface area contributed by atoms with Gasteiger partial charge in [0.15, 0.2) is 0 Å². The molecule has 0 atom stereocenters. The summed E-state index contributed by atoms with van der Waals surface area (Å²) >= 11 is 0. The van der Waals surface area contributed by atoms with Crippen LogP contribution in [0, 0.1) is 6.92 Å². The smallest absolute Gasteiger partial charge is 0.115 e. The van der Waals surface area contributed by atoms with Crippen molar-refractivity contribution in [3.05, 3.63) is 103 Å². The van der Waals surface area contributed by atoms with Crippen molar-refractivity contribution in [2.24, 2.45) is 0 Å². The van der Waals surface area contributed by atoms with Crippen LogP contribution in [0.4, 0.5) is 0 Å². The molecule has 33 heavy (non-hydrogen) atoms. The largest absolute Gasteiger partial charge is 0.508 e. The lowest BCUT2D eigenvalue weighted by atomic mass is 9.95. The zero-order valence-electron chi connectivity index (χ0n) is 18.0. The van der Waals surface area contributed by atoms with Gasteiger partial charge in [-0.2, -0.15) is 5.10 Å². The van der Waals surface area contributed by atoms with Gasteiger partial charge in [-0.1, -0.05) is 29.8 Å². The normalized spacial score (nSPS) is 10.9. The zero-order chi connectivity index (χ0) is 22.9. The van der Waals surface area contributed by atoms with Crippen LogP contribution < -0.4 is 0 Å². The molecule has 0 saturated carbocycles. The van der Waals surface area contributed by atoms with Crippen molar-refractivity contribution >= 4 is 0 Å². The molecular formula is C28H22N2O3. The van der Waals surface area contributed by atoms with E-state index >= 15 is 0 Å². The van der Waals surface area contributed by atoms with Gasteiger partial charge >= 0.3 is 0 Å². The Bertz CT molecular complexity index is 1290. The molecule has 1 aromatic heterocycles. The van der Waals surface area contributed by atoms with Crippen LogP contribution in [0.5, 0.6) is 17.2 Å². The number of phenols is 3. The van der Waals surface area contributed by atoms with Crippen molar-refractivity contribution < 1.29 is 15.3 Å². The molecule has 5 rings (SSSR count). The number of aromatic nitrogens is 2. The van der Waals surface area contributed by atoms with Crippen LogP contribution in [0.1, 0.15) is 5.56 Å². The lowest BCUT2D eigenvalue weighted by Gasteiger charge is -2.11. The van der Waals surface area contributed by atoms with Gasteiger partial charge in [-0.3, -0.25) is 0 Å². The van der Waals surface area contributed by atoms with E-state index in [4.69, 9.17) is 5.10 Å². The van der Waals surface area contributed by atoms with Crippen molar-refractivity contribution in [2.75, 3.05) is 0 Å². The minimum Gasteiger partial charge on any atom is -0.508 e. The van der Waals surface area contributed by atoms with Gasteiger partial charge in [0.05, 0.1) is 11.4 Å². The maximum Gasteiger partial charge on any atom is 0.115 e. The maximum absolute atomic E-state index is 9.87. The topological polar surface area (TPSA) is 78.5 Å². The average Bonchev–Trinajstić information content (AvgIpc) is 3.21. The molecule has 0 aliphatic rings. The van der Waals surface area contributed by atoms with Crippen LogP contribution in [0.3, 0.4) is 0 Å². The molecule has 3 N–H and O–H groups in total. The molecular weight excluding hydrogens is 412 g/mol. The molecule has 0 spiro atoms. The quantitative estimate of drug-likeness (QED) is 0.310. The zero-order valence-corrected chi connectivity index (χ0v) is 18.0. The van der Waals surface area contributed by atoms with Gasteiger partial charge in [-0.15, -0.1) is 0 Å². The van der Waals surface area contributed by atoms with Gasteiger partial charge in [-0.25, -0.2) is 4.68 Å². The van der Waals surface area contributed by atoms with Crippen molar-refractivity contribution in [1.29, 1.82) is 0 Å². The molecule has 0 saturated heterocycles. The highest BCUT2D eigenvalue weighted by molar-refractivity contribution is 5.92. The minimum atomic E-state index is 0.182. The van der Waals surface area contributed by atoms with Gasteiger partial charge < -0.3 is 15.3 Å². The Balaban J connectivity index is 1.86. The summed E-state index contributed by atoms with van der Waals surface area (Å²) < 4.78 is 1.90. The van der Waals surface area contributed by atoms with E-state index in [2.05, 4.69) is 0 Å². The van der Waals surface area contributed by atoms with Crippen molar-refractivity contribution in [1.82, 2.24) is 9.78 Å². The Hall–Kier alpha value is -4.51. The van der Waals surface area contributed by atoms with Crippen LogP contribution in [0.25, 0.3) is 39.3 Å². The summed E-state index contributed by atoms with van der Waals surface area (Å²) in [5.74, 6) is 0.550. The number of aromatic hydroxyl groups is 3. The first-order valence-electron chi connectivity index (χ1n) is 10.6. The first-order chi connectivity index (χ1) is 16.0. The van der Waals surface area contributed by atoms with Gasteiger partial charge in [0.1, 0.15) is 22.9 Å². The van der Waals surface area contributed by atoms with E-state index in [1.54, 1.807) is 36.4 Å². The summed E-state index contributed by atoms with van der Waals surface area (Å²) in [5, 5.41) is 34.6. The Morgan fingerprint density at radius 2 is 1.00 bits per heavy atom. The van der Waals surface area contributed by atoms with E-state index in [9.17, 15) is 15.3 Å². The second-order valence-corrected chi connectivity index (χ2v) is 7.96. The monoisotopic (exact) mass is 434 g/mol. The van der Waals surface area contributed by atoms with E-state index in [0.717, 1.165) is 44.9 Å². The van der Waals surface area contributed by atoms with E-state index in [1.165, 1.54) is 0 Å². The van der Waals surface area contributed by atoms with E-state index < -0.39 is 0 Å². The predicted molar refractivity (Wildman–Crippen MR) is 130 cm³/mol. The Morgan fingerprint density at radius 1 is 0.545 bits per heavy atom. The number of aryl methyl sites for hydroxylation is 1. The fraction of sp³-hybridized carbons (Fsp3) is 0.0357. The second kappa shape index (κ2) is 8.20. The predicted octanol–water partition coefficient (Wildman–Crippen LogP) is 6.30. The van der Waals surface area contributed by atoms with E-state index in [1.807, 2.05) is 72.3 Å². The van der Waals surface area contributed by atoms with Crippen molar-refractivity contribution in [2.45, 2.75) is 6.92 Å². The fourth-order valence-electron chi connectivity index (χ4n) is 3.90. The highest BCUT2D eigenvalue weighted by Gasteiger charge is 2.23. The number of phenolic OH excluding ortho intramolecular Hbond substituents is 3. The van der Waals surface area contributed by atoms with Crippen molar-refractivity contribution in [3.63, 3.8) is 0 Å². The molecule has 1 heterocycles. The van der Waals surface area contributed by atoms with E-state index in [-0.39, 0.29) is 17.2 Å². The summed E-state index contributed by atoms with van der Waals surface area (Å²) in [6.07, 6.45) is 0. The lowest BCUT2D eigenvalue weighted by molar-refractivity contribution is 0.475. The molecule has 0 amide bonds. The standard InChI is InChI=1S/C28H22N2O3/c1-18-2-10-22(11-3-18)30-28(21-8-16-25(33)17-9-21)26(19-4-12-23(31)13-5-19)27(29-30)20-6-14-24(32)15-7-20/h2-17,31-33H,1H3. The molecule has 0 fully saturated rings. The molecule has 0 unspecified atom stereocenters. The molecule has 5 aromatic rings. The van der Waals surface area contributed by atoms with Crippen LogP contribution >= 0.6 is 0 Å². The molecule has 0 radical (unpaired) electrons. The number of rotatable bonds is 4. The molecule has 162 valence electrons. The third-order valence-electron chi connectivity index (χ3n) is 5.60. The summed E-state index contributed by atoms with van der Waals surface area (Å²) in [7, 11) is 0. The third kappa shape index (κ3) is 3.92. The molecule has 0 aliphatic carbocycles. The fourth-order valence-corrected chi connectivity index (χ4v) is 3.90. The maximum atomic E-state index is 9.87. The van der Waals surface area contributed by atoms with Gasteiger partial charge in [0.25, 0.3) is 0 Å². The highest BCUT2D eigenvalue weighted by Crippen LogP contribution is 2.42. The number of benzene rings is 4. The summed E-state index contributed by atoms with van der Waals surface area (Å²) in [6.45, 7) is 2.04. The number of nitrogens with zero attached hydrogens (tertiary/aromatic N) is 2. The summed E-state index contributed by atoms with van der Waals surface area (Å²) in [6, 6.07) is 29.1. The third-order valence-corrected chi connectivity index (χ3v) is 5.60. The molecule has 4 aromatic carbocycles. The SMILES string of the molecule is Cc1ccc(-n2nc(-c3ccc(O)cc3)c(-c3ccc(O)cc3)c2-c2ccc(O)cc2)cc1. The first kappa shape index (κ1) is 20.4. The van der Waals surface area contributed by atoms with Crippen LogP contribution in [-0.4, -0.2) is 25.1 Å². The Kier molecular flexibility index (Phi) is 5.07. The van der Waals surface area contributed by atoms with Crippen LogP contribution in [0.15, 0.2) is 97.1 Å². The number of hydrogen-bond acceptors (Lipinski definition) is 4. The highest BCUT2D eigenvalue weighted by atomic mass is 16.3. The van der Waals surface area contributed by atoms with Gasteiger partial charge in [-0.05, 0) is 85.3 Å². The Morgan fingerprint density at radius 3 is 1.52 bits per heavy atom. The number of hydrogen-bond donors (Lipinski definition) is 3. The molecule has 0 bridgehead atoms. The van der Waals surface area contributed by atoms with Crippen LogP contribution in [0.2, 0.25) is 0 Å². The van der Waals surface area contributed by atoms with Crippen LogP contribution in [-0.2, 0) is 0 Å². The summed E-state index contributed by atoms with van der Waals surface area (Å²) in [5.41, 5.74) is 7.14. The van der Waals surface area contributed by atoms with E-state index in [0.29, 0.717) is 0 Å². The Labute approximate surface area is 191 Å². The lowest BCUT2D eigenvalue weighted by Crippen LogP contribution is -1.99. The molecule has 0 aliphatic heterocycles. The minimum absolute atomic E-state index is 0.182. The van der Waals surface area contributed by atoms with Gasteiger partial charge in [0.2, 0.25) is 0 Å².